The van der Waals surface area contributed by atoms with Crippen molar-refractivity contribution in [3.05, 3.63) is 71.2 Å². The number of rotatable bonds is 6. The van der Waals surface area contributed by atoms with Gasteiger partial charge in [0.25, 0.3) is 5.56 Å². The van der Waals surface area contributed by atoms with E-state index < -0.39 is 0 Å². The van der Waals surface area contributed by atoms with Crippen LogP contribution in [0.15, 0.2) is 65.2 Å². The highest BCUT2D eigenvalue weighted by molar-refractivity contribution is 7.99. The van der Waals surface area contributed by atoms with Gasteiger partial charge >= 0.3 is 0 Å². The van der Waals surface area contributed by atoms with Crippen molar-refractivity contribution in [2.45, 2.75) is 12.1 Å². The number of carbonyl (C=O) groups excluding carboxylic acids is 1. The van der Waals surface area contributed by atoms with E-state index in [0.29, 0.717) is 28.4 Å². The van der Waals surface area contributed by atoms with Crippen LogP contribution in [0.4, 0.5) is 0 Å². The third-order valence-corrected chi connectivity index (χ3v) is 4.58. The monoisotopic (exact) mass is 366 g/mol. The Bertz CT molecular complexity index is 1010. The van der Waals surface area contributed by atoms with Crippen molar-refractivity contribution >= 4 is 28.6 Å². The molecule has 3 rings (SSSR count). The zero-order valence-corrected chi connectivity index (χ0v) is 15.1. The molecule has 1 aromatic carbocycles. The number of hydrogen-bond donors (Lipinski definition) is 1. The van der Waals surface area contributed by atoms with E-state index in [-0.39, 0.29) is 17.2 Å². The van der Waals surface area contributed by atoms with Crippen LogP contribution in [0.3, 0.4) is 0 Å². The van der Waals surface area contributed by atoms with Gasteiger partial charge in [-0.15, -0.1) is 6.58 Å². The third kappa shape index (κ3) is 3.83. The first kappa shape index (κ1) is 17.9. The fraction of sp³-hybridized carbons (Fsp3) is 0.158. The molecule has 7 heteroatoms. The summed E-state index contributed by atoms with van der Waals surface area (Å²) in [5.41, 5.74) is 1.38. The van der Waals surface area contributed by atoms with Crippen LogP contribution in [0.25, 0.3) is 16.7 Å². The molecule has 132 valence electrons. The Kier molecular flexibility index (Phi) is 5.48. The molecule has 6 nitrogen and oxygen atoms in total. The van der Waals surface area contributed by atoms with Gasteiger partial charge in [0, 0.05) is 12.7 Å². The lowest BCUT2D eigenvalue weighted by Crippen LogP contribution is -2.26. The van der Waals surface area contributed by atoms with Gasteiger partial charge in [-0.3, -0.25) is 9.59 Å². The van der Waals surface area contributed by atoms with Crippen molar-refractivity contribution in [2.24, 2.45) is 0 Å². The number of aryl methyl sites for hydroxylation is 1. The smallest absolute Gasteiger partial charge is 0.267 e. The second kappa shape index (κ2) is 7.97. The van der Waals surface area contributed by atoms with Gasteiger partial charge in [-0.2, -0.15) is 0 Å². The highest BCUT2D eigenvalue weighted by Crippen LogP contribution is 2.20. The van der Waals surface area contributed by atoms with Crippen LogP contribution in [0, 0.1) is 6.92 Å². The number of thioether (sulfide) groups is 1. The average molecular weight is 366 g/mol. The Morgan fingerprint density at radius 2 is 2.12 bits per heavy atom. The van der Waals surface area contributed by atoms with E-state index in [2.05, 4.69) is 21.9 Å². The molecule has 0 bridgehead atoms. The zero-order chi connectivity index (χ0) is 18.5. The summed E-state index contributed by atoms with van der Waals surface area (Å²) in [6.07, 6.45) is 3.31. The van der Waals surface area contributed by atoms with E-state index in [4.69, 9.17) is 0 Å². The molecule has 0 aliphatic heterocycles. The first-order valence-electron chi connectivity index (χ1n) is 8.05. The summed E-state index contributed by atoms with van der Waals surface area (Å²) in [6.45, 7) is 5.90. The van der Waals surface area contributed by atoms with Crippen molar-refractivity contribution in [1.29, 1.82) is 0 Å². The van der Waals surface area contributed by atoms with Crippen LogP contribution < -0.4 is 10.9 Å². The van der Waals surface area contributed by atoms with Crippen LogP contribution >= 0.6 is 11.8 Å². The number of fused-ring (bicyclic) bond motifs is 1. The summed E-state index contributed by atoms with van der Waals surface area (Å²) in [4.78, 5) is 33.8. The summed E-state index contributed by atoms with van der Waals surface area (Å²) in [5.74, 6) is 0.471. The van der Waals surface area contributed by atoms with E-state index in [0.717, 1.165) is 5.56 Å². The van der Waals surface area contributed by atoms with Gasteiger partial charge in [-0.1, -0.05) is 36.0 Å². The highest BCUT2D eigenvalue weighted by atomic mass is 32.2. The number of carbonyl (C=O) groups is 1. The number of amides is 1. The lowest BCUT2D eigenvalue weighted by molar-refractivity contribution is -0.118. The van der Waals surface area contributed by atoms with Crippen molar-refractivity contribution in [3.63, 3.8) is 0 Å². The van der Waals surface area contributed by atoms with E-state index >= 15 is 0 Å². The second-order valence-electron chi connectivity index (χ2n) is 5.63. The van der Waals surface area contributed by atoms with Crippen LogP contribution in [-0.2, 0) is 4.79 Å². The lowest BCUT2D eigenvalue weighted by Gasteiger charge is -2.12. The standard InChI is InChI=1S/C19H18N4O2S/c1-3-10-20-17(24)12-26-19-22-15-7-5-4-6-14(15)18(25)23(19)16-9-8-13(2)11-21-16/h3-9,11H,1,10,12H2,2H3,(H,20,24). The van der Waals surface area contributed by atoms with Gasteiger partial charge in [-0.05, 0) is 30.7 Å². The van der Waals surface area contributed by atoms with Gasteiger partial charge in [-0.25, -0.2) is 14.5 Å². The van der Waals surface area contributed by atoms with Crippen LogP contribution in [0.2, 0.25) is 0 Å². The van der Waals surface area contributed by atoms with E-state index in [1.807, 2.05) is 19.1 Å². The predicted octanol–water partition coefficient (Wildman–Crippen LogP) is 2.48. The molecule has 3 aromatic rings. The van der Waals surface area contributed by atoms with Crippen molar-refractivity contribution in [2.75, 3.05) is 12.3 Å². The fourth-order valence-electron chi connectivity index (χ4n) is 2.37. The van der Waals surface area contributed by atoms with Crippen LogP contribution in [0.5, 0.6) is 0 Å². The minimum atomic E-state index is -0.207. The Labute approximate surface area is 155 Å². The maximum atomic E-state index is 13.0. The first-order valence-corrected chi connectivity index (χ1v) is 9.04. The summed E-state index contributed by atoms with van der Waals surface area (Å²) < 4.78 is 1.45. The topological polar surface area (TPSA) is 76.9 Å². The van der Waals surface area contributed by atoms with Gasteiger partial charge in [0.1, 0.15) is 5.82 Å². The van der Waals surface area contributed by atoms with Gasteiger partial charge < -0.3 is 5.32 Å². The lowest BCUT2D eigenvalue weighted by atomic mass is 10.2. The molecule has 0 radical (unpaired) electrons. The van der Waals surface area contributed by atoms with E-state index in [1.165, 1.54) is 16.3 Å². The highest BCUT2D eigenvalue weighted by Gasteiger charge is 2.15. The van der Waals surface area contributed by atoms with Crippen LogP contribution in [-0.4, -0.2) is 32.7 Å². The molecule has 2 aromatic heterocycles. The Hall–Kier alpha value is -2.93. The normalized spacial score (nSPS) is 10.7. The summed E-state index contributed by atoms with van der Waals surface area (Å²) in [6, 6.07) is 10.8. The largest absolute Gasteiger partial charge is 0.352 e. The molecule has 0 saturated carbocycles. The number of pyridine rings is 1. The summed E-state index contributed by atoms with van der Waals surface area (Å²) in [7, 11) is 0. The molecular formula is C19H18N4O2S. The van der Waals surface area contributed by atoms with Crippen molar-refractivity contribution < 1.29 is 4.79 Å². The van der Waals surface area contributed by atoms with E-state index in [1.54, 1.807) is 36.5 Å². The molecule has 0 atom stereocenters. The zero-order valence-electron chi connectivity index (χ0n) is 14.3. The molecule has 1 amide bonds. The number of nitrogens with one attached hydrogen (secondary N) is 1. The minimum absolute atomic E-state index is 0.143. The van der Waals surface area contributed by atoms with Crippen LogP contribution in [0.1, 0.15) is 5.56 Å². The number of nitrogens with zero attached hydrogens (tertiary/aromatic N) is 3. The first-order chi connectivity index (χ1) is 12.6. The number of hydrogen-bond acceptors (Lipinski definition) is 5. The molecule has 1 N–H and O–H groups in total. The molecular weight excluding hydrogens is 348 g/mol. The molecule has 26 heavy (non-hydrogen) atoms. The number of para-hydroxylation sites is 1. The maximum Gasteiger partial charge on any atom is 0.267 e. The Balaban J connectivity index is 2.06. The minimum Gasteiger partial charge on any atom is -0.352 e. The predicted molar refractivity (Wildman–Crippen MR) is 104 cm³/mol. The van der Waals surface area contributed by atoms with Gasteiger partial charge in [0.05, 0.1) is 16.7 Å². The van der Waals surface area contributed by atoms with Gasteiger partial charge in [0.2, 0.25) is 5.91 Å². The van der Waals surface area contributed by atoms with Crippen molar-refractivity contribution in [3.8, 4) is 5.82 Å². The molecule has 0 fully saturated rings. The number of aromatic nitrogens is 3. The average Bonchev–Trinajstić information content (AvgIpc) is 2.66. The molecule has 0 aliphatic rings. The quantitative estimate of drug-likeness (QED) is 0.412. The van der Waals surface area contributed by atoms with Gasteiger partial charge in [0.15, 0.2) is 5.16 Å². The summed E-state index contributed by atoms with van der Waals surface area (Å²) >= 11 is 1.20. The molecule has 0 unspecified atom stereocenters. The Morgan fingerprint density at radius 3 is 2.85 bits per heavy atom. The third-order valence-electron chi connectivity index (χ3n) is 3.65. The van der Waals surface area contributed by atoms with Crippen molar-refractivity contribution in [1.82, 2.24) is 19.9 Å². The molecule has 0 saturated heterocycles. The molecule has 0 aliphatic carbocycles. The Morgan fingerprint density at radius 1 is 1.31 bits per heavy atom. The molecule has 0 spiro atoms. The second-order valence-corrected chi connectivity index (χ2v) is 6.57. The fourth-order valence-corrected chi connectivity index (χ4v) is 3.20. The molecule has 2 heterocycles. The summed E-state index contributed by atoms with van der Waals surface area (Å²) in [5, 5.41) is 3.65. The van der Waals surface area contributed by atoms with E-state index in [9.17, 15) is 9.59 Å². The number of benzene rings is 1. The maximum absolute atomic E-state index is 13.0. The SMILES string of the molecule is C=CCNC(=O)CSc1nc2ccccc2c(=O)n1-c1ccc(C)cn1.